The van der Waals surface area contributed by atoms with Crippen molar-refractivity contribution >= 4 is 18.3 Å². The molecule has 2 N–H and O–H groups in total. The van der Waals surface area contributed by atoms with Gasteiger partial charge in [0.25, 0.3) is 0 Å². The zero-order chi connectivity index (χ0) is 16.8. The predicted molar refractivity (Wildman–Crippen MR) is 93.6 cm³/mol. The highest BCUT2D eigenvalue weighted by Gasteiger charge is 2.20. The van der Waals surface area contributed by atoms with E-state index in [-0.39, 0.29) is 18.3 Å². The molecule has 1 aromatic carbocycles. The van der Waals surface area contributed by atoms with Gasteiger partial charge in [0.05, 0.1) is 20.4 Å². The van der Waals surface area contributed by atoms with Crippen molar-refractivity contribution in [3.05, 3.63) is 41.7 Å². The van der Waals surface area contributed by atoms with Crippen molar-refractivity contribution in [2.24, 2.45) is 7.05 Å². The normalized spacial score (nSPS) is 11.3. The topological polar surface area (TPSA) is 77.4 Å². The zero-order valence-electron chi connectivity index (χ0n) is 14.2. The van der Waals surface area contributed by atoms with Gasteiger partial charge in [-0.15, -0.1) is 12.4 Å². The maximum absolute atomic E-state index is 12.4. The third kappa shape index (κ3) is 4.62. The number of amides is 1. The SMILES string of the molecule is CNC(C(=O)NCc1ccc(OC)cc1OC)c1cnn(C)c1.Cl. The highest BCUT2D eigenvalue weighted by Crippen LogP contribution is 2.24. The van der Waals surface area contributed by atoms with Crippen LogP contribution in [0.3, 0.4) is 0 Å². The maximum Gasteiger partial charge on any atom is 0.242 e. The van der Waals surface area contributed by atoms with Crippen molar-refractivity contribution in [1.82, 2.24) is 20.4 Å². The first kappa shape index (κ1) is 19.8. The van der Waals surface area contributed by atoms with E-state index in [4.69, 9.17) is 9.47 Å². The molecule has 8 heteroatoms. The molecule has 132 valence electrons. The lowest BCUT2D eigenvalue weighted by Crippen LogP contribution is -2.35. The Kier molecular flexibility index (Phi) is 7.54. The first-order chi connectivity index (χ1) is 11.1. The molecule has 0 aliphatic carbocycles. The molecule has 2 rings (SSSR count). The van der Waals surface area contributed by atoms with Crippen LogP contribution in [0.25, 0.3) is 0 Å². The van der Waals surface area contributed by atoms with Crippen LogP contribution in [-0.2, 0) is 18.4 Å². The van der Waals surface area contributed by atoms with Crippen molar-refractivity contribution in [3.63, 3.8) is 0 Å². The number of rotatable bonds is 7. The molecule has 1 heterocycles. The molecule has 2 aromatic rings. The van der Waals surface area contributed by atoms with Gasteiger partial charge in [-0.25, -0.2) is 0 Å². The summed E-state index contributed by atoms with van der Waals surface area (Å²) in [7, 11) is 6.75. The number of aromatic nitrogens is 2. The lowest BCUT2D eigenvalue weighted by molar-refractivity contribution is -0.123. The van der Waals surface area contributed by atoms with Crippen LogP contribution in [0.5, 0.6) is 11.5 Å². The molecule has 0 radical (unpaired) electrons. The van der Waals surface area contributed by atoms with Crippen LogP contribution >= 0.6 is 12.4 Å². The minimum absolute atomic E-state index is 0. The molecule has 0 fully saturated rings. The summed E-state index contributed by atoms with van der Waals surface area (Å²) in [4.78, 5) is 12.4. The zero-order valence-corrected chi connectivity index (χ0v) is 15.0. The molecular weight excluding hydrogens is 332 g/mol. The number of aryl methyl sites for hydroxylation is 1. The largest absolute Gasteiger partial charge is 0.497 e. The first-order valence-electron chi connectivity index (χ1n) is 7.23. The number of halogens is 1. The summed E-state index contributed by atoms with van der Waals surface area (Å²) in [5, 5.41) is 10.0. The highest BCUT2D eigenvalue weighted by molar-refractivity contribution is 5.85. The van der Waals surface area contributed by atoms with Crippen LogP contribution in [0.4, 0.5) is 0 Å². The molecule has 0 aliphatic rings. The maximum atomic E-state index is 12.4. The average Bonchev–Trinajstić information content (AvgIpc) is 2.99. The second-order valence-corrected chi connectivity index (χ2v) is 5.06. The summed E-state index contributed by atoms with van der Waals surface area (Å²) in [5.74, 6) is 1.26. The Bertz CT molecular complexity index is 675. The summed E-state index contributed by atoms with van der Waals surface area (Å²) >= 11 is 0. The number of ether oxygens (including phenoxy) is 2. The highest BCUT2D eigenvalue weighted by atomic mass is 35.5. The van der Waals surface area contributed by atoms with E-state index in [0.29, 0.717) is 18.0 Å². The third-order valence-electron chi connectivity index (χ3n) is 3.56. The number of carbonyl (C=O) groups excluding carboxylic acids is 1. The average molecular weight is 355 g/mol. The standard InChI is InChI=1S/C16H22N4O3.ClH/c1-17-15(12-9-19-20(2)10-12)16(21)18-8-11-5-6-13(22-3)7-14(11)23-4;/h5-7,9-10,15,17H,8H2,1-4H3,(H,18,21);1H. The van der Waals surface area contributed by atoms with Crippen molar-refractivity contribution < 1.29 is 14.3 Å². The Morgan fingerprint density at radius 2 is 2.08 bits per heavy atom. The van der Waals surface area contributed by atoms with Gasteiger partial charge in [0.15, 0.2) is 0 Å². The minimum Gasteiger partial charge on any atom is -0.497 e. The number of carbonyl (C=O) groups is 1. The number of likely N-dealkylation sites (N-methyl/N-ethyl adjacent to an activating group) is 1. The molecule has 0 saturated heterocycles. The molecule has 1 atom stereocenters. The molecule has 0 spiro atoms. The van der Waals surface area contributed by atoms with E-state index >= 15 is 0 Å². The minimum atomic E-state index is -0.451. The molecule has 1 aromatic heterocycles. The number of nitrogens with zero attached hydrogens (tertiary/aromatic N) is 2. The number of nitrogens with one attached hydrogen (secondary N) is 2. The van der Waals surface area contributed by atoms with Gasteiger partial charge in [0.2, 0.25) is 5.91 Å². The summed E-state index contributed by atoms with van der Waals surface area (Å²) in [5.41, 5.74) is 1.69. The van der Waals surface area contributed by atoms with Gasteiger partial charge in [-0.1, -0.05) is 0 Å². The van der Waals surface area contributed by atoms with Crippen LogP contribution in [-0.4, -0.2) is 37.0 Å². The Morgan fingerprint density at radius 3 is 2.62 bits per heavy atom. The second kappa shape index (κ2) is 9.14. The lowest BCUT2D eigenvalue weighted by atomic mass is 10.1. The molecule has 24 heavy (non-hydrogen) atoms. The fraction of sp³-hybridized carbons (Fsp3) is 0.375. The molecule has 1 unspecified atom stereocenters. The third-order valence-corrected chi connectivity index (χ3v) is 3.56. The van der Waals surface area contributed by atoms with E-state index in [0.717, 1.165) is 11.1 Å². The van der Waals surface area contributed by atoms with Crippen LogP contribution < -0.4 is 20.1 Å². The summed E-state index contributed by atoms with van der Waals surface area (Å²) < 4.78 is 12.2. The van der Waals surface area contributed by atoms with Gasteiger partial charge in [-0.2, -0.15) is 5.10 Å². The van der Waals surface area contributed by atoms with Gasteiger partial charge >= 0.3 is 0 Å². The smallest absolute Gasteiger partial charge is 0.242 e. The summed E-state index contributed by atoms with van der Waals surface area (Å²) in [6.45, 7) is 0.366. The van der Waals surface area contributed by atoms with Crippen molar-refractivity contribution in [2.75, 3.05) is 21.3 Å². The van der Waals surface area contributed by atoms with Crippen molar-refractivity contribution in [2.45, 2.75) is 12.6 Å². The Morgan fingerprint density at radius 1 is 1.33 bits per heavy atom. The Hall–Kier alpha value is -2.25. The quantitative estimate of drug-likeness (QED) is 0.786. The lowest BCUT2D eigenvalue weighted by Gasteiger charge is -2.16. The monoisotopic (exact) mass is 354 g/mol. The van der Waals surface area contributed by atoms with E-state index in [2.05, 4.69) is 15.7 Å². The summed E-state index contributed by atoms with van der Waals surface area (Å²) in [6.07, 6.45) is 3.49. The number of methoxy groups -OCH3 is 2. The van der Waals surface area contributed by atoms with Gasteiger partial charge in [-0.3, -0.25) is 9.48 Å². The predicted octanol–water partition coefficient (Wildman–Crippen LogP) is 1.44. The van der Waals surface area contributed by atoms with E-state index < -0.39 is 6.04 Å². The van der Waals surface area contributed by atoms with Gasteiger partial charge in [0, 0.05) is 37.0 Å². The van der Waals surface area contributed by atoms with E-state index in [1.165, 1.54) is 0 Å². The van der Waals surface area contributed by atoms with Gasteiger partial charge in [-0.05, 0) is 19.2 Å². The van der Waals surface area contributed by atoms with E-state index in [1.54, 1.807) is 38.2 Å². The van der Waals surface area contributed by atoms with Crippen LogP contribution in [0.15, 0.2) is 30.6 Å². The number of benzene rings is 1. The van der Waals surface area contributed by atoms with Crippen LogP contribution in [0, 0.1) is 0 Å². The number of hydrogen-bond donors (Lipinski definition) is 2. The Labute approximate surface area is 147 Å². The molecule has 1 amide bonds. The van der Waals surface area contributed by atoms with Gasteiger partial charge < -0.3 is 20.1 Å². The fourth-order valence-corrected chi connectivity index (χ4v) is 2.32. The van der Waals surface area contributed by atoms with Gasteiger partial charge in [0.1, 0.15) is 17.5 Å². The number of hydrogen-bond acceptors (Lipinski definition) is 5. The Balaban J connectivity index is 0.00000288. The molecule has 0 aliphatic heterocycles. The van der Waals surface area contributed by atoms with Crippen LogP contribution in [0.2, 0.25) is 0 Å². The van der Waals surface area contributed by atoms with Crippen molar-refractivity contribution in [3.8, 4) is 11.5 Å². The fourth-order valence-electron chi connectivity index (χ4n) is 2.32. The second-order valence-electron chi connectivity index (χ2n) is 5.06. The first-order valence-corrected chi connectivity index (χ1v) is 7.23. The molecule has 0 bridgehead atoms. The van der Waals surface area contributed by atoms with E-state index in [9.17, 15) is 4.79 Å². The van der Waals surface area contributed by atoms with E-state index in [1.807, 2.05) is 25.4 Å². The summed E-state index contributed by atoms with van der Waals surface area (Å²) in [6, 6.07) is 5.04. The van der Waals surface area contributed by atoms with Crippen molar-refractivity contribution in [1.29, 1.82) is 0 Å². The molecule has 7 nitrogen and oxygen atoms in total. The molecule has 0 saturated carbocycles. The van der Waals surface area contributed by atoms with Crippen LogP contribution in [0.1, 0.15) is 17.2 Å². The molecular formula is C16H23ClN4O3.